The predicted octanol–water partition coefficient (Wildman–Crippen LogP) is 2.83. The molecule has 2 heterocycles. The standard InChI is InChI=1S/C16H16N2O4S/c1-9-8-23-14(17-9)12-6-3-7-18(12)15(20)10-4-2-5-11(13(10)19)16(21)22/h2,4-5,8,12,19H,3,6-7H2,1H3,(H,21,22)/t12-/m1/s1. The molecule has 0 radical (unpaired) electrons. The normalized spacial score (nSPS) is 17.4. The lowest BCUT2D eigenvalue weighted by molar-refractivity contribution is 0.0693. The number of rotatable bonds is 3. The van der Waals surface area contributed by atoms with Gasteiger partial charge in [0, 0.05) is 17.6 Å². The van der Waals surface area contributed by atoms with Crippen LogP contribution < -0.4 is 0 Å². The van der Waals surface area contributed by atoms with E-state index >= 15 is 0 Å². The number of likely N-dealkylation sites (tertiary alicyclic amines) is 1. The number of carbonyl (C=O) groups excluding carboxylic acids is 1. The number of carbonyl (C=O) groups is 2. The van der Waals surface area contributed by atoms with E-state index in [0.717, 1.165) is 23.5 Å². The Morgan fingerprint density at radius 1 is 1.35 bits per heavy atom. The zero-order valence-electron chi connectivity index (χ0n) is 12.5. The fraction of sp³-hybridized carbons (Fsp3) is 0.312. The third-order valence-electron chi connectivity index (χ3n) is 3.93. The van der Waals surface area contributed by atoms with Crippen LogP contribution in [-0.2, 0) is 0 Å². The van der Waals surface area contributed by atoms with E-state index in [9.17, 15) is 14.7 Å². The molecule has 0 aliphatic carbocycles. The molecule has 6 nitrogen and oxygen atoms in total. The van der Waals surface area contributed by atoms with Crippen LogP contribution in [0.5, 0.6) is 5.75 Å². The first kappa shape index (κ1) is 15.5. The van der Waals surface area contributed by atoms with Crippen molar-refractivity contribution < 1.29 is 19.8 Å². The van der Waals surface area contributed by atoms with E-state index in [2.05, 4.69) is 4.98 Å². The van der Waals surface area contributed by atoms with Crippen molar-refractivity contribution in [3.8, 4) is 5.75 Å². The molecule has 1 amide bonds. The third-order valence-corrected chi connectivity index (χ3v) is 5.00. The molecule has 1 aliphatic rings. The minimum atomic E-state index is -1.26. The van der Waals surface area contributed by atoms with E-state index < -0.39 is 11.7 Å². The quantitative estimate of drug-likeness (QED) is 0.902. The van der Waals surface area contributed by atoms with Gasteiger partial charge in [-0.05, 0) is 31.9 Å². The van der Waals surface area contributed by atoms with Crippen molar-refractivity contribution >= 4 is 23.2 Å². The molecule has 1 fully saturated rings. The summed E-state index contributed by atoms with van der Waals surface area (Å²) in [5.41, 5.74) is 0.668. The minimum Gasteiger partial charge on any atom is -0.506 e. The molecule has 0 unspecified atom stereocenters. The number of carboxylic acid groups (broad SMARTS) is 1. The molecule has 0 saturated carbocycles. The summed E-state index contributed by atoms with van der Waals surface area (Å²) in [6.07, 6.45) is 1.67. The van der Waals surface area contributed by atoms with Gasteiger partial charge in [0.25, 0.3) is 5.91 Å². The molecule has 1 atom stereocenters. The number of aromatic nitrogens is 1. The molecule has 1 saturated heterocycles. The highest BCUT2D eigenvalue weighted by atomic mass is 32.1. The number of phenols is 1. The molecule has 3 rings (SSSR count). The van der Waals surface area contributed by atoms with Crippen LogP contribution in [-0.4, -0.2) is 38.5 Å². The smallest absolute Gasteiger partial charge is 0.339 e. The number of hydrogen-bond donors (Lipinski definition) is 2. The largest absolute Gasteiger partial charge is 0.506 e. The summed E-state index contributed by atoms with van der Waals surface area (Å²) in [6, 6.07) is 4.08. The van der Waals surface area contributed by atoms with Gasteiger partial charge in [-0.25, -0.2) is 9.78 Å². The highest BCUT2D eigenvalue weighted by Gasteiger charge is 2.34. The van der Waals surface area contributed by atoms with Crippen LogP contribution in [0, 0.1) is 6.92 Å². The Bertz CT molecular complexity index is 771. The molecule has 1 aromatic carbocycles. The fourth-order valence-corrected chi connectivity index (χ4v) is 3.78. The molecule has 1 aromatic heterocycles. The van der Waals surface area contributed by atoms with Crippen LogP contribution in [0.3, 0.4) is 0 Å². The maximum absolute atomic E-state index is 12.8. The zero-order valence-corrected chi connectivity index (χ0v) is 13.3. The summed E-state index contributed by atoms with van der Waals surface area (Å²) < 4.78 is 0. The number of nitrogens with zero attached hydrogens (tertiary/aromatic N) is 2. The van der Waals surface area contributed by atoms with E-state index in [0.29, 0.717) is 6.54 Å². The Morgan fingerprint density at radius 3 is 2.74 bits per heavy atom. The van der Waals surface area contributed by atoms with Crippen molar-refractivity contribution in [1.82, 2.24) is 9.88 Å². The van der Waals surface area contributed by atoms with E-state index in [-0.39, 0.29) is 23.1 Å². The van der Waals surface area contributed by atoms with Gasteiger partial charge < -0.3 is 15.1 Å². The second-order valence-electron chi connectivity index (χ2n) is 5.49. The second-order valence-corrected chi connectivity index (χ2v) is 6.38. The molecule has 23 heavy (non-hydrogen) atoms. The fourth-order valence-electron chi connectivity index (χ4n) is 2.84. The monoisotopic (exact) mass is 332 g/mol. The second kappa shape index (κ2) is 6.00. The number of aromatic hydroxyl groups is 1. The van der Waals surface area contributed by atoms with Crippen LogP contribution in [0.25, 0.3) is 0 Å². The van der Waals surface area contributed by atoms with E-state index in [4.69, 9.17) is 5.11 Å². The van der Waals surface area contributed by atoms with E-state index in [1.165, 1.54) is 29.5 Å². The number of thiazole rings is 1. The SMILES string of the molecule is Cc1csc([C@H]2CCCN2C(=O)c2cccc(C(=O)O)c2O)n1. The summed E-state index contributed by atoms with van der Waals surface area (Å²) in [5.74, 6) is -2.10. The number of hydrogen-bond acceptors (Lipinski definition) is 5. The lowest BCUT2D eigenvalue weighted by Crippen LogP contribution is -2.30. The maximum atomic E-state index is 12.8. The van der Waals surface area contributed by atoms with Gasteiger partial charge in [-0.1, -0.05) is 6.07 Å². The minimum absolute atomic E-state index is 0.0186. The van der Waals surface area contributed by atoms with Crippen molar-refractivity contribution in [2.24, 2.45) is 0 Å². The lowest BCUT2D eigenvalue weighted by atomic mass is 10.1. The van der Waals surface area contributed by atoms with Crippen LogP contribution in [0.4, 0.5) is 0 Å². The van der Waals surface area contributed by atoms with Crippen LogP contribution in [0.15, 0.2) is 23.6 Å². The molecule has 0 spiro atoms. The number of aryl methyl sites for hydroxylation is 1. The molecule has 2 N–H and O–H groups in total. The van der Waals surface area contributed by atoms with Gasteiger partial charge in [0.15, 0.2) is 0 Å². The van der Waals surface area contributed by atoms with Crippen LogP contribution in [0.1, 0.15) is 50.3 Å². The van der Waals surface area contributed by atoms with Gasteiger partial charge in [-0.3, -0.25) is 4.79 Å². The van der Waals surface area contributed by atoms with Crippen molar-refractivity contribution in [2.75, 3.05) is 6.54 Å². The molecular formula is C16H16N2O4S. The number of para-hydroxylation sites is 1. The van der Waals surface area contributed by atoms with Gasteiger partial charge >= 0.3 is 5.97 Å². The van der Waals surface area contributed by atoms with Gasteiger partial charge in [0.2, 0.25) is 0 Å². The molecular weight excluding hydrogens is 316 g/mol. The summed E-state index contributed by atoms with van der Waals surface area (Å²) in [7, 11) is 0. The molecule has 1 aliphatic heterocycles. The van der Waals surface area contributed by atoms with Crippen molar-refractivity contribution in [3.63, 3.8) is 0 Å². The Kier molecular flexibility index (Phi) is 4.04. The Balaban J connectivity index is 1.94. The highest BCUT2D eigenvalue weighted by molar-refractivity contribution is 7.09. The molecule has 7 heteroatoms. The summed E-state index contributed by atoms with van der Waals surface area (Å²) >= 11 is 1.51. The van der Waals surface area contributed by atoms with Crippen molar-refractivity contribution in [2.45, 2.75) is 25.8 Å². The van der Waals surface area contributed by atoms with Gasteiger partial charge in [0.1, 0.15) is 16.3 Å². The van der Waals surface area contributed by atoms with Gasteiger partial charge in [-0.2, -0.15) is 0 Å². The Morgan fingerprint density at radius 2 is 2.09 bits per heavy atom. The first-order chi connectivity index (χ1) is 11.0. The summed E-state index contributed by atoms with van der Waals surface area (Å²) in [6.45, 7) is 2.47. The first-order valence-electron chi connectivity index (χ1n) is 7.27. The van der Waals surface area contributed by atoms with E-state index in [1.54, 1.807) is 4.90 Å². The number of benzene rings is 1. The van der Waals surface area contributed by atoms with E-state index in [1.807, 2.05) is 12.3 Å². The predicted molar refractivity (Wildman–Crippen MR) is 84.9 cm³/mol. The van der Waals surface area contributed by atoms with Crippen LogP contribution >= 0.6 is 11.3 Å². The van der Waals surface area contributed by atoms with Crippen molar-refractivity contribution in [1.29, 1.82) is 0 Å². The molecule has 2 aromatic rings. The summed E-state index contributed by atoms with van der Waals surface area (Å²) in [5, 5.41) is 22.0. The first-order valence-corrected chi connectivity index (χ1v) is 8.15. The average molecular weight is 332 g/mol. The lowest BCUT2D eigenvalue weighted by Gasteiger charge is -2.23. The number of carboxylic acids is 1. The third kappa shape index (κ3) is 2.79. The Hall–Kier alpha value is -2.41. The topological polar surface area (TPSA) is 90.7 Å². The molecule has 120 valence electrons. The van der Waals surface area contributed by atoms with Gasteiger partial charge in [0.05, 0.1) is 11.6 Å². The zero-order chi connectivity index (χ0) is 16.6. The van der Waals surface area contributed by atoms with Crippen molar-refractivity contribution in [3.05, 3.63) is 45.4 Å². The maximum Gasteiger partial charge on any atom is 0.339 e. The van der Waals surface area contributed by atoms with Gasteiger partial charge in [-0.15, -0.1) is 11.3 Å². The molecule has 0 bridgehead atoms. The summed E-state index contributed by atoms with van der Waals surface area (Å²) in [4.78, 5) is 30.0. The highest BCUT2D eigenvalue weighted by Crippen LogP contribution is 2.36. The number of aromatic carboxylic acids is 1. The average Bonchev–Trinajstić information content (AvgIpc) is 3.14. The Labute approximate surface area is 137 Å². The van der Waals surface area contributed by atoms with Crippen LogP contribution in [0.2, 0.25) is 0 Å². The number of amides is 1.